The van der Waals surface area contributed by atoms with Gasteiger partial charge in [0.15, 0.2) is 0 Å². The molecule has 1 aromatic carbocycles. The van der Waals surface area contributed by atoms with Crippen molar-refractivity contribution in [1.29, 1.82) is 0 Å². The van der Waals surface area contributed by atoms with E-state index in [2.05, 4.69) is 10.3 Å². The van der Waals surface area contributed by atoms with Crippen LogP contribution < -0.4 is 11.1 Å². The van der Waals surface area contributed by atoms with Crippen LogP contribution in [-0.2, 0) is 0 Å². The number of benzene rings is 1. The van der Waals surface area contributed by atoms with E-state index in [1.54, 1.807) is 37.0 Å². The summed E-state index contributed by atoms with van der Waals surface area (Å²) in [4.78, 5) is 15.2. The van der Waals surface area contributed by atoms with Crippen molar-refractivity contribution in [2.45, 2.75) is 12.5 Å². The van der Waals surface area contributed by atoms with Gasteiger partial charge in [-0.3, -0.25) is 4.79 Å². The van der Waals surface area contributed by atoms with Crippen LogP contribution in [-0.4, -0.2) is 40.2 Å². The average Bonchev–Trinajstić information content (AvgIpc) is 2.79. The Morgan fingerprint density at radius 1 is 1.55 bits per heavy atom. The molecule has 0 bridgehead atoms. The molecule has 0 radical (unpaired) electrons. The zero-order chi connectivity index (χ0) is 14.8. The second-order valence-corrected chi connectivity index (χ2v) is 5.99. The van der Waals surface area contributed by atoms with E-state index in [0.717, 1.165) is 10.9 Å². The number of rotatable bonds is 5. The number of hydrogen-bond acceptors (Lipinski definition) is 4. The van der Waals surface area contributed by atoms with Gasteiger partial charge in [0.25, 0.3) is 5.91 Å². The molecule has 6 heteroatoms. The number of fused-ring (bicyclic) bond motifs is 1. The first kappa shape index (κ1) is 14.7. The number of nitrogens with two attached hydrogens (primary N) is 1. The Labute approximate surface area is 121 Å². The van der Waals surface area contributed by atoms with Crippen molar-refractivity contribution in [3.05, 3.63) is 30.0 Å². The first-order valence-electron chi connectivity index (χ1n) is 6.29. The van der Waals surface area contributed by atoms with Crippen LogP contribution in [0.1, 0.15) is 17.3 Å². The summed E-state index contributed by atoms with van der Waals surface area (Å²) in [5.74, 6) is 0.361. The molecule has 0 fully saturated rings. The number of carbonyl (C=O) groups excluding carboxylic acids is 1. The lowest BCUT2D eigenvalue weighted by Crippen LogP contribution is -2.42. The zero-order valence-electron chi connectivity index (χ0n) is 11.6. The predicted octanol–water partition coefficient (Wildman–Crippen LogP) is 1.59. The summed E-state index contributed by atoms with van der Waals surface area (Å²) in [5, 5.41) is 13.6. The molecule has 1 atom stereocenters. The maximum Gasteiger partial charge on any atom is 0.253 e. The number of amides is 1. The molecule has 5 N–H and O–H groups in total. The first-order chi connectivity index (χ1) is 9.43. The summed E-state index contributed by atoms with van der Waals surface area (Å²) in [5.41, 5.74) is 6.82. The molecule has 0 aliphatic carbocycles. The Morgan fingerprint density at radius 2 is 2.30 bits per heavy atom. The fourth-order valence-electron chi connectivity index (χ4n) is 2.06. The number of H-pyrrole nitrogens is 1. The van der Waals surface area contributed by atoms with Gasteiger partial charge in [-0.2, -0.15) is 11.8 Å². The summed E-state index contributed by atoms with van der Waals surface area (Å²) < 4.78 is 0. The van der Waals surface area contributed by atoms with E-state index in [0.29, 0.717) is 17.0 Å². The third kappa shape index (κ3) is 3.26. The van der Waals surface area contributed by atoms with Gasteiger partial charge >= 0.3 is 0 Å². The molecule has 0 aliphatic heterocycles. The lowest BCUT2D eigenvalue weighted by Gasteiger charge is -2.22. The SMILES string of the molecule is CSCC(C)(O)CNC(=O)c1c[nH]c2cc(N)ccc12. The summed E-state index contributed by atoms with van der Waals surface area (Å²) >= 11 is 1.54. The molecule has 1 unspecified atom stereocenters. The minimum absolute atomic E-state index is 0.206. The van der Waals surface area contributed by atoms with E-state index in [9.17, 15) is 9.90 Å². The second kappa shape index (κ2) is 5.76. The molecule has 0 saturated heterocycles. The van der Waals surface area contributed by atoms with Crippen molar-refractivity contribution in [1.82, 2.24) is 10.3 Å². The number of hydrogen-bond donors (Lipinski definition) is 4. The standard InChI is InChI=1S/C14H19N3O2S/c1-14(19,8-20-2)7-17-13(18)11-6-16-12-5-9(15)3-4-10(11)12/h3-6,16,19H,7-8,15H2,1-2H3,(H,17,18). The summed E-state index contributed by atoms with van der Waals surface area (Å²) in [6.07, 6.45) is 3.57. The number of nitrogen functional groups attached to an aromatic ring is 1. The first-order valence-corrected chi connectivity index (χ1v) is 7.68. The monoisotopic (exact) mass is 293 g/mol. The molecule has 20 heavy (non-hydrogen) atoms. The number of aromatic amines is 1. The fraction of sp³-hybridized carbons (Fsp3) is 0.357. The van der Waals surface area contributed by atoms with Gasteiger partial charge in [0.1, 0.15) is 0 Å². The highest BCUT2D eigenvalue weighted by Gasteiger charge is 2.21. The van der Waals surface area contributed by atoms with Crippen molar-refractivity contribution in [3.8, 4) is 0 Å². The fourth-order valence-corrected chi connectivity index (χ4v) is 2.78. The third-order valence-electron chi connectivity index (χ3n) is 3.04. The van der Waals surface area contributed by atoms with Crippen molar-refractivity contribution >= 4 is 34.3 Å². The molecular formula is C14H19N3O2S. The highest BCUT2D eigenvalue weighted by molar-refractivity contribution is 7.98. The van der Waals surface area contributed by atoms with Gasteiger partial charge in [0, 0.05) is 35.1 Å². The minimum Gasteiger partial charge on any atom is -0.399 e. The summed E-state index contributed by atoms with van der Waals surface area (Å²) in [6, 6.07) is 5.36. The third-order valence-corrected chi connectivity index (χ3v) is 3.95. The molecule has 1 amide bonds. The summed E-state index contributed by atoms with van der Waals surface area (Å²) in [7, 11) is 0. The normalized spacial score (nSPS) is 14.2. The lowest BCUT2D eigenvalue weighted by molar-refractivity contribution is 0.0726. The maximum atomic E-state index is 12.2. The Kier molecular flexibility index (Phi) is 4.25. The van der Waals surface area contributed by atoms with Crippen molar-refractivity contribution < 1.29 is 9.90 Å². The van der Waals surface area contributed by atoms with Gasteiger partial charge < -0.3 is 21.1 Å². The van der Waals surface area contributed by atoms with Gasteiger partial charge in [0.05, 0.1) is 11.2 Å². The van der Waals surface area contributed by atoms with Crippen molar-refractivity contribution in [3.63, 3.8) is 0 Å². The van der Waals surface area contributed by atoms with Gasteiger partial charge in [0.2, 0.25) is 0 Å². The van der Waals surface area contributed by atoms with Crippen LogP contribution >= 0.6 is 11.8 Å². The van der Waals surface area contributed by atoms with Gasteiger partial charge in [-0.25, -0.2) is 0 Å². The van der Waals surface area contributed by atoms with E-state index >= 15 is 0 Å². The molecule has 0 saturated carbocycles. The molecule has 2 rings (SSSR count). The number of aromatic nitrogens is 1. The van der Waals surface area contributed by atoms with Crippen LogP contribution in [0.4, 0.5) is 5.69 Å². The van der Waals surface area contributed by atoms with E-state index in [1.807, 2.05) is 12.3 Å². The molecule has 108 valence electrons. The predicted molar refractivity (Wildman–Crippen MR) is 84.1 cm³/mol. The van der Waals surface area contributed by atoms with E-state index in [4.69, 9.17) is 5.73 Å². The number of anilines is 1. The number of thioether (sulfide) groups is 1. The number of aliphatic hydroxyl groups is 1. The van der Waals surface area contributed by atoms with Crippen LogP contribution in [0.15, 0.2) is 24.4 Å². The van der Waals surface area contributed by atoms with Crippen molar-refractivity contribution in [2.24, 2.45) is 0 Å². The van der Waals surface area contributed by atoms with Crippen molar-refractivity contribution in [2.75, 3.05) is 24.3 Å². The second-order valence-electron chi connectivity index (χ2n) is 5.12. The van der Waals surface area contributed by atoms with Crippen LogP contribution in [0.5, 0.6) is 0 Å². The Bertz CT molecular complexity index is 622. The van der Waals surface area contributed by atoms with E-state index < -0.39 is 5.60 Å². The van der Waals surface area contributed by atoms with Gasteiger partial charge in [-0.15, -0.1) is 0 Å². The Balaban J connectivity index is 2.12. The minimum atomic E-state index is -0.911. The average molecular weight is 293 g/mol. The number of nitrogens with one attached hydrogen (secondary N) is 2. The molecule has 0 aliphatic rings. The van der Waals surface area contributed by atoms with Crippen LogP contribution in [0.2, 0.25) is 0 Å². The molecule has 0 spiro atoms. The lowest BCUT2D eigenvalue weighted by atomic mass is 10.1. The quantitative estimate of drug-likeness (QED) is 0.630. The maximum absolute atomic E-state index is 12.2. The Morgan fingerprint density at radius 3 is 3.00 bits per heavy atom. The van der Waals surface area contributed by atoms with Crippen LogP contribution in [0.3, 0.4) is 0 Å². The van der Waals surface area contributed by atoms with E-state index in [1.165, 1.54) is 0 Å². The molecule has 1 heterocycles. The van der Waals surface area contributed by atoms with Gasteiger partial charge in [-0.05, 0) is 31.4 Å². The smallest absolute Gasteiger partial charge is 0.253 e. The largest absolute Gasteiger partial charge is 0.399 e. The van der Waals surface area contributed by atoms with Gasteiger partial charge in [-0.1, -0.05) is 0 Å². The molecule has 5 nitrogen and oxygen atoms in total. The molecule has 2 aromatic rings. The topological polar surface area (TPSA) is 91.1 Å². The number of carbonyl (C=O) groups is 1. The molecular weight excluding hydrogens is 274 g/mol. The highest BCUT2D eigenvalue weighted by atomic mass is 32.2. The Hall–Kier alpha value is -1.66. The zero-order valence-corrected chi connectivity index (χ0v) is 12.4. The highest BCUT2D eigenvalue weighted by Crippen LogP contribution is 2.20. The van der Waals surface area contributed by atoms with E-state index in [-0.39, 0.29) is 12.5 Å². The summed E-state index contributed by atoms with van der Waals surface area (Å²) in [6.45, 7) is 1.92. The van der Waals surface area contributed by atoms with Crippen LogP contribution in [0.25, 0.3) is 10.9 Å². The van der Waals surface area contributed by atoms with Crippen LogP contribution in [0, 0.1) is 0 Å². The molecule has 1 aromatic heterocycles.